The van der Waals surface area contributed by atoms with E-state index in [1.807, 2.05) is 4.68 Å². The molecule has 0 saturated carbocycles. The molecule has 5 nitrogen and oxygen atoms in total. The third-order valence-corrected chi connectivity index (χ3v) is 5.42. The first-order valence-electron chi connectivity index (χ1n) is 8.75. The van der Waals surface area contributed by atoms with Crippen molar-refractivity contribution in [2.75, 3.05) is 24.5 Å². The topological polar surface area (TPSA) is 37.2 Å². The summed E-state index contributed by atoms with van der Waals surface area (Å²) in [7, 11) is 0. The predicted molar refractivity (Wildman–Crippen MR) is 92.1 cm³/mol. The van der Waals surface area contributed by atoms with E-state index in [1.165, 1.54) is 43.7 Å². The molecule has 1 unspecified atom stereocenters. The summed E-state index contributed by atoms with van der Waals surface area (Å²) in [6.07, 6.45) is 7.05. The molecule has 0 amide bonds. The second-order valence-electron chi connectivity index (χ2n) is 6.78. The van der Waals surface area contributed by atoms with E-state index in [1.54, 1.807) is 12.7 Å². The summed E-state index contributed by atoms with van der Waals surface area (Å²) < 4.78 is 1.85. The van der Waals surface area contributed by atoms with Crippen molar-refractivity contribution in [1.82, 2.24) is 19.7 Å². The molecule has 5 heteroatoms. The average Bonchev–Trinajstić information content (AvgIpc) is 3.21. The Balaban J connectivity index is 1.62. The normalized spacial score (nSPS) is 22.5. The van der Waals surface area contributed by atoms with Crippen molar-refractivity contribution in [2.24, 2.45) is 0 Å². The minimum Gasteiger partial charge on any atom is -0.365 e. The van der Waals surface area contributed by atoms with Crippen molar-refractivity contribution in [1.29, 1.82) is 0 Å². The molecular weight excluding hydrogens is 286 g/mol. The third kappa shape index (κ3) is 2.63. The van der Waals surface area contributed by atoms with Crippen molar-refractivity contribution >= 4 is 5.69 Å². The standard InChI is InChI=1S/C18H25N5/c1-3-21-8-6-16(7-9-21)23-14(2)10-15-4-5-17(11-18(15)23)22-13-19-12-20-22/h4-5,11-14,16H,3,6-10H2,1-2H3. The number of benzene rings is 1. The molecule has 122 valence electrons. The lowest BCUT2D eigenvalue weighted by Crippen LogP contribution is -2.47. The predicted octanol–water partition coefficient (Wildman–Crippen LogP) is 2.50. The average molecular weight is 311 g/mol. The molecule has 0 spiro atoms. The Hall–Kier alpha value is -1.88. The van der Waals surface area contributed by atoms with Crippen molar-refractivity contribution < 1.29 is 0 Å². The molecular formula is C18H25N5. The van der Waals surface area contributed by atoms with Crippen LogP contribution in [0.3, 0.4) is 0 Å². The van der Waals surface area contributed by atoms with Crippen LogP contribution in [0.25, 0.3) is 5.69 Å². The fourth-order valence-corrected chi connectivity index (χ4v) is 4.17. The molecule has 0 radical (unpaired) electrons. The van der Waals surface area contributed by atoms with Gasteiger partial charge < -0.3 is 9.80 Å². The maximum atomic E-state index is 4.27. The van der Waals surface area contributed by atoms with Crippen molar-refractivity contribution in [3.05, 3.63) is 36.4 Å². The molecule has 4 rings (SSSR count). The number of likely N-dealkylation sites (tertiary alicyclic amines) is 1. The highest BCUT2D eigenvalue weighted by Gasteiger charge is 2.33. The highest BCUT2D eigenvalue weighted by atomic mass is 15.3. The molecule has 1 saturated heterocycles. The van der Waals surface area contributed by atoms with Crippen molar-refractivity contribution in [3.63, 3.8) is 0 Å². The molecule has 0 bridgehead atoms. The SMILES string of the molecule is CCN1CCC(N2c3cc(-n4cncn4)ccc3CC2C)CC1. The smallest absolute Gasteiger partial charge is 0.138 e. The van der Waals surface area contributed by atoms with Crippen LogP contribution in [0.5, 0.6) is 0 Å². The summed E-state index contributed by atoms with van der Waals surface area (Å²) in [4.78, 5) is 9.30. The highest BCUT2D eigenvalue weighted by Crippen LogP contribution is 2.37. The Kier molecular flexibility index (Phi) is 3.81. The van der Waals surface area contributed by atoms with E-state index in [-0.39, 0.29) is 0 Å². The van der Waals surface area contributed by atoms with Crippen LogP contribution in [-0.4, -0.2) is 51.4 Å². The molecule has 23 heavy (non-hydrogen) atoms. The molecule has 3 heterocycles. The van der Waals surface area contributed by atoms with E-state index in [4.69, 9.17) is 0 Å². The van der Waals surface area contributed by atoms with Gasteiger partial charge in [-0.05, 0) is 50.4 Å². The monoisotopic (exact) mass is 311 g/mol. The van der Waals surface area contributed by atoms with E-state index >= 15 is 0 Å². The van der Waals surface area contributed by atoms with Gasteiger partial charge in [-0.25, -0.2) is 9.67 Å². The van der Waals surface area contributed by atoms with Crippen molar-refractivity contribution in [2.45, 2.75) is 45.2 Å². The minimum absolute atomic E-state index is 0.592. The van der Waals surface area contributed by atoms with Gasteiger partial charge in [0.15, 0.2) is 0 Å². The summed E-state index contributed by atoms with van der Waals surface area (Å²) in [5, 5.41) is 4.27. The Morgan fingerprint density at radius 2 is 2.04 bits per heavy atom. The fourth-order valence-electron chi connectivity index (χ4n) is 4.17. The quantitative estimate of drug-likeness (QED) is 0.873. The number of aromatic nitrogens is 3. The second-order valence-corrected chi connectivity index (χ2v) is 6.78. The zero-order valence-electron chi connectivity index (χ0n) is 14.0. The van der Waals surface area contributed by atoms with Gasteiger partial charge in [-0.2, -0.15) is 5.10 Å². The Morgan fingerprint density at radius 3 is 2.74 bits per heavy atom. The van der Waals surface area contributed by atoms with Crippen LogP contribution in [-0.2, 0) is 6.42 Å². The molecule has 0 N–H and O–H groups in total. The van der Waals surface area contributed by atoms with Gasteiger partial charge in [0.2, 0.25) is 0 Å². The maximum Gasteiger partial charge on any atom is 0.138 e. The molecule has 1 fully saturated rings. The van der Waals surface area contributed by atoms with Gasteiger partial charge in [0.05, 0.1) is 5.69 Å². The van der Waals surface area contributed by atoms with Gasteiger partial charge in [-0.1, -0.05) is 13.0 Å². The minimum atomic E-state index is 0.592. The maximum absolute atomic E-state index is 4.27. The number of rotatable bonds is 3. The number of fused-ring (bicyclic) bond motifs is 1. The molecule has 0 aliphatic carbocycles. The molecule has 1 atom stereocenters. The number of anilines is 1. The van der Waals surface area contributed by atoms with E-state index in [0.29, 0.717) is 12.1 Å². The number of hydrogen-bond acceptors (Lipinski definition) is 4. The lowest BCUT2D eigenvalue weighted by atomic mass is 10.0. The summed E-state index contributed by atoms with van der Waals surface area (Å²) in [6.45, 7) is 8.25. The molecule has 1 aromatic carbocycles. The van der Waals surface area contributed by atoms with Gasteiger partial charge in [-0.3, -0.25) is 0 Å². The Bertz CT molecular complexity index is 658. The summed E-state index contributed by atoms with van der Waals surface area (Å²) in [5.41, 5.74) is 3.98. The van der Waals surface area contributed by atoms with Crippen LogP contribution in [0.1, 0.15) is 32.3 Å². The number of piperidine rings is 1. The summed E-state index contributed by atoms with van der Waals surface area (Å²) in [5.74, 6) is 0. The molecule has 1 aromatic heterocycles. The zero-order chi connectivity index (χ0) is 15.8. The third-order valence-electron chi connectivity index (χ3n) is 5.42. The van der Waals surface area contributed by atoms with Gasteiger partial charge in [0.25, 0.3) is 0 Å². The van der Waals surface area contributed by atoms with E-state index in [0.717, 1.165) is 12.1 Å². The Labute approximate surface area is 137 Å². The first kappa shape index (κ1) is 14.7. The molecule has 2 aliphatic heterocycles. The van der Waals surface area contributed by atoms with Gasteiger partial charge >= 0.3 is 0 Å². The van der Waals surface area contributed by atoms with E-state index < -0.39 is 0 Å². The summed E-state index contributed by atoms with van der Waals surface area (Å²) in [6, 6.07) is 7.97. The first-order valence-corrected chi connectivity index (χ1v) is 8.75. The summed E-state index contributed by atoms with van der Waals surface area (Å²) >= 11 is 0. The lowest BCUT2D eigenvalue weighted by Gasteiger charge is -2.40. The van der Waals surface area contributed by atoms with Crippen LogP contribution < -0.4 is 4.90 Å². The van der Waals surface area contributed by atoms with Gasteiger partial charge in [0.1, 0.15) is 12.7 Å². The highest BCUT2D eigenvalue weighted by molar-refractivity contribution is 5.64. The van der Waals surface area contributed by atoms with Crippen LogP contribution in [0.2, 0.25) is 0 Å². The Morgan fingerprint density at radius 1 is 1.22 bits per heavy atom. The van der Waals surface area contributed by atoms with Crippen LogP contribution in [0, 0.1) is 0 Å². The van der Waals surface area contributed by atoms with E-state index in [2.05, 4.69) is 51.9 Å². The fraction of sp³-hybridized carbons (Fsp3) is 0.556. The van der Waals surface area contributed by atoms with Gasteiger partial charge in [0, 0.05) is 30.9 Å². The van der Waals surface area contributed by atoms with E-state index in [9.17, 15) is 0 Å². The van der Waals surface area contributed by atoms with Gasteiger partial charge in [-0.15, -0.1) is 0 Å². The second kappa shape index (κ2) is 5.96. The largest absolute Gasteiger partial charge is 0.365 e. The molecule has 2 aromatic rings. The van der Waals surface area contributed by atoms with Crippen LogP contribution in [0.4, 0.5) is 5.69 Å². The lowest BCUT2D eigenvalue weighted by molar-refractivity contribution is 0.216. The number of nitrogens with zero attached hydrogens (tertiary/aromatic N) is 5. The molecule has 2 aliphatic rings. The first-order chi connectivity index (χ1) is 11.3. The van der Waals surface area contributed by atoms with Crippen molar-refractivity contribution in [3.8, 4) is 5.69 Å². The van der Waals surface area contributed by atoms with Crippen LogP contribution >= 0.6 is 0 Å². The van der Waals surface area contributed by atoms with Crippen LogP contribution in [0.15, 0.2) is 30.9 Å². The zero-order valence-corrected chi connectivity index (χ0v) is 14.0. The number of hydrogen-bond donors (Lipinski definition) is 0.